The van der Waals surface area contributed by atoms with Crippen LogP contribution < -0.4 is 11.1 Å². The van der Waals surface area contributed by atoms with Gasteiger partial charge in [0.05, 0.1) is 0 Å². The molecule has 0 bridgehead atoms. The van der Waals surface area contributed by atoms with E-state index < -0.39 is 0 Å². The Bertz CT molecular complexity index is 795. The van der Waals surface area contributed by atoms with Crippen LogP contribution in [0.1, 0.15) is 17.3 Å². The Morgan fingerprint density at radius 1 is 1.23 bits per heavy atom. The number of imidazole rings is 1. The van der Waals surface area contributed by atoms with Crippen molar-refractivity contribution in [2.45, 2.75) is 6.92 Å². The lowest BCUT2D eigenvalue weighted by atomic mass is 10.1. The number of anilines is 3. The summed E-state index contributed by atoms with van der Waals surface area (Å²) < 4.78 is 1.71. The first-order chi connectivity index (χ1) is 10.6. The molecule has 2 heterocycles. The van der Waals surface area contributed by atoms with Gasteiger partial charge in [-0.3, -0.25) is 9.36 Å². The minimum Gasteiger partial charge on any atom is -0.393 e. The van der Waals surface area contributed by atoms with Crippen molar-refractivity contribution in [3.8, 4) is 5.82 Å². The molecule has 0 amide bonds. The van der Waals surface area contributed by atoms with Gasteiger partial charge in [-0.25, -0.2) is 15.0 Å². The first-order valence-corrected chi connectivity index (χ1v) is 6.62. The zero-order valence-electron chi connectivity index (χ0n) is 11.9. The summed E-state index contributed by atoms with van der Waals surface area (Å²) in [5, 5.41) is 3.12. The Morgan fingerprint density at radius 3 is 2.64 bits per heavy atom. The smallest absolute Gasteiger partial charge is 0.166 e. The molecular weight excluding hydrogens is 280 g/mol. The summed E-state index contributed by atoms with van der Waals surface area (Å²) in [6.45, 7) is 1.53. The lowest BCUT2D eigenvalue weighted by molar-refractivity contribution is 0.101. The summed E-state index contributed by atoms with van der Waals surface area (Å²) >= 11 is 0. The molecule has 22 heavy (non-hydrogen) atoms. The summed E-state index contributed by atoms with van der Waals surface area (Å²) in [4.78, 5) is 23.6. The van der Waals surface area contributed by atoms with E-state index >= 15 is 0 Å². The zero-order valence-corrected chi connectivity index (χ0v) is 11.9. The van der Waals surface area contributed by atoms with Gasteiger partial charge in [0.2, 0.25) is 0 Å². The van der Waals surface area contributed by atoms with Gasteiger partial charge < -0.3 is 11.1 Å². The average Bonchev–Trinajstić information content (AvgIpc) is 3.04. The van der Waals surface area contributed by atoms with Crippen LogP contribution >= 0.6 is 0 Å². The van der Waals surface area contributed by atoms with Crippen molar-refractivity contribution in [2.24, 2.45) is 0 Å². The monoisotopic (exact) mass is 294 g/mol. The van der Waals surface area contributed by atoms with Gasteiger partial charge in [-0.1, -0.05) is 0 Å². The number of carbonyl (C=O) groups excluding carboxylic acids is 1. The predicted octanol–water partition coefficient (Wildman–Crippen LogP) is 2.19. The Hall–Kier alpha value is -3.22. The van der Waals surface area contributed by atoms with E-state index in [1.54, 1.807) is 47.6 Å². The number of benzene rings is 1. The van der Waals surface area contributed by atoms with Gasteiger partial charge in [-0.05, 0) is 31.2 Å². The normalized spacial score (nSPS) is 10.4. The molecule has 0 unspecified atom stereocenters. The molecule has 0 atom stereocenters. The quantitative estimate of drug-likeness (QED) is 0.716. The molecule has 0 aliphatic carbocycles. The van der Waals surface area contributed by atoms with Crippen LogP contribution in [-0.4, -0.2) is 25.3 Å². The first kappa shape index (κ1) is 13.7. The van der Waals surface area contributed by atoms with Crippen molar-refractivity contribution >= 4 is 23.0 Å². The summed E-state index contributed by atoms with van der Waals surface area (Å²) in [5.74, 6) is 1.07. The molecule has 0 spiro atoms. The van der Waals surface area contributed by atoms with E-state index in [0.29, 0.717) is 22.9 Å². The SMILES string of the molecule is CC(=O)c1ccc(Nc2ncnc(-n3ccnc3)c2N)cc1. The fourth-order valence-electron chi connectivity index (χ4n) is 2.00. The number of rotatable bonds is 4. The molecule has 0 fully saturated rings. The maximum atomic E-state index is 11.3. The van der Waals surface area contributed by atoms with Gasteiger partial charge in [0.15, 0.2) is 17.4 Å². The van der Waals surface area contributed by atoms with Gasteiger partial charge in [0.25, 0.3) is 0 Å². The summed E-state index contributed by atoms with van der Waals surface area (Å²) in [5.41, 5.74) is 7.96. The number of Topliss-reactive ketones (excluding diaryl/α,β-unsaturated/α-hetero) is 1. The van der Waals surface area contributed by atoms with Crippen LogP contribution in [0, 0.1) is 0 Å². The number of ketones is 1. The number of nitrogens with zero attached hydrogens (tertiary/aromatic N) is 4. The van der Waals surface area contributed by atoms with Gasteiger partial charge in [0, 0.05) is 23.6 Å². The highest BCUT2D eigenvalue weighted by Crippen LogP contribution is 2.24. The Labute approximate surface area is 126 Å². The van der Waals surface area contributed by atoms with Crippen LogP contribution in [0.15, 0.2) is 49.3 Å². The van der Waals surface area contributed by atoms with E-state index in [0.717, 1.165) is 5.69 Å². The van der Waals surface area contributed by atoms with E-state index in [1.165, 1.54) is 13.3 Å². The van der Waals surface area contributed by atoms with Crippen LogP contribution in [0.5, 0.6) is 0 Å². The van der Waals surface area contributed by atoms with Crippen molar-refractivity contribution in [3.63, 3.8) is 0 Å². The molecule has 0 saturated carbocycles. The minimum absolute atomic E-state index is 0.0236. The van der Waals surface area contributed by atoms with Gasteiger partial charge >= 0.3 is 0 Å². The second kappa shape index (κ2) is 5.65. The molecule has 3 rings (SSSR count). The maximum Gasteiger partial charge on any atom is 0.166 e. The molecule has 0 aliphatic rings. The topological polar surface area (TPSA) is 98.7 Å². The fourth-order valence-corrected chi connectivity index (χ4v) is 2.00. The Balaban J connectivity index is 1.89. The molecule has 7 heteroatoms. The Morgan fingerprint density at radius 2 is 2.00 bits per heavy atom. The molecule has 0 radical (unpaired) electrons. The summed E-state index contributed by atoms with van der Waals surface area (Å²) in [6.07, 6.45) is 6.45. The Kier molecular flexibility index (Phi) is 3.53. The van der Waals surface area contributed by atoms with Gasteiger partial charge in [-0.15, -0.1) is 0 Å². The zero-order chi connectivity index (χ0) is 15.5. The highest BCUT2D eigenvalue weighted by Gasteiger charge is 2.10. The summed E-state index contributed by atoms with van der Waals surface area (Å²) in [7, 11) is 0. The van der Waals surface area contributed by atoms with E-state index in [9.17, 15) is 4.79 Å². The first-order valence-electron chi connectivity index (χ1n) is 6.62. The lowest BCUT2D eigenvalue weighted by Crippen LogP contribution is -2.06. The molecular formula is C15H14N6O. The van der Waals surface area contributed by atoms with E-state index in [4.69, 9.17) is 5.73 Å². The van der Waals surface area contributed by atoms with Crippen LogP contribution in [0.2, 0.25) is 0 Å². The van der Waals surface area contributed by atoms with Crippen LogP contribution in [0.4, 0.5) is 17.2 Å². The molecule has 7 nitrogen and oxygen atoms in total. The minimum atomic E-state index is 0.0236. The molecule has 2 aromatic heterocycles. The van der Waals surface area contributed by atoms with Crippen LogP contribution in [-0.2, 0) is 0 Å². The van der Waals surface area contributed by atoms with Crippen LogP contribution in [0.3, 0.4) is 0 Å². The number of hydrogen-bond acceptors (Lipinski definition) is 6. The number of carbonyl (C=O) groups is 1. The van der Waals surface area contributed by atoms with Gasteiger partial charge in [0.1, 0.15) is 18.3 Å². The maximum absolute atomic E-state index is 11.3. The van der Waals surface area contributed by atoms with E-state index in [-0.39, 0.29) is 5.78 Å². The number of nitrogen functional groups attached to an aromatic ring is 1. The third kappa shape index (κ3) is 2.64. The molecule has 3 aromatic rings. The molecule has 1 aromatic carbocycles. The number of nitrogens with one attached hydrogen (secondary N) is 1. The van der Waals surface area contributed by atoms with Crippen molar-refractivity contribution in [1.82, 2.24) is 19.5 Å². The average molecular weight is 294 g/mol. The van der Waals surface area contributed by atoms with E-state index in [1.807, 2.05) is 0 Å². The van der Waals surface area contributed by atoms with Crippen LogP contribution in [0.25, 0.3) is 5.82 Å². The third-order valence-corrected chi connectivity index (χ3v) is 3.17. The standard InChI is InChI=1S/C15H14N6O/c1-10(22)11-2-4-12(5-3-11)20-14-13(16)15(19-8-18-14)21-7-6-17-9-21/h2-9H,16H2,1H3,(H,18,19,20). The van der Waals surface area contributed by atoms with E-state index in [2.05, 4.69) is 20.3 Å². The number of nitrogens with two attached hydrogens (primary N) is 1. The highest BCUT2D eigenvalue weighted by atomic mass is 16.1. The largest absolute Gasteiger partial charge is 0.393 e. The van der Waals surface area contributed by atoms with Crippen molar-refractivity contribution < 1.29 is 4.79 Å². The highest BCUT2D eigenvalue weighted by molar-refractivity contribution is 5.94. The lowest BCUT2D eigenvalue weighted by Gasteiger charge is -2.11. The van der Waals surface area contributed by atoms with Crippen molar-refractivity contribution in [1.29, 1.82) is 0 Å². The van der Waals surface area contributed by atoms with Crippen molar-refractivity contribution in [2.75, 3.05) is 11.1 Å². The van der Waals surface area contributed by atoms with Crippen molar-refractivity contribution in [3.05, 3.63) is 54.9 Å². The number of aromatic nitrogens is 4. The summed E-state index contributed by atoms with van der Waals surface area (Å²) in [6, 6.07) is 7.10. The fraction of sp³-hybridized carbons (Fsp3) is 0.0667. The molecule has 0 saturated heterocycles. The molecule has 110 valence electrons. The predicted molar refractivity (Wildman–Crippen MR) is 83.3 cm³/mol. The molecule has 3 N–H and O–H groups in total. The second-order valence-corrected chi connectivity index (χ2v) is 4.69. The number of hydrogen-bond donors (Lipinski definition) is 2. The molecule has 0 aliphatic heterocycles. The second-order valence-electron chi connectivity index (χ2n) is 4.69. The van der Waals surface area contributed by atoms with Gasteiger partial charge in [-0.2, -0.15) is 0 Å². The third-order valence-electron chi connectivity index (χ3n) is 3.17.